The van der Waals surface area contributed by atoms with E-state index in [4.69, 9.17) is 4.74 Å². The van der Waals surface area contributed by atoms with Crippen LogP contribution in [0, 0.1) is 12.8 Å². The first-order chi connectivity index (χ1) is 15.2. The van der Waals surface area contributed by atoms with Crippen LogP contribution in [0.3, 0.4) is 0 Å². The highest BCUT2D eigenvalue weighted by molar-refractivity contribution is 9.10. The summed E-state index contributed by atoms with van der Waals surface area (Å²) in [5, 5.41) is 3.16. The third kappa shape index (κ3) is 6.11. The molecule has 0 radical (unpaired) electrons. The highest BCUT2D eigenvalue weighted by Crippen LogP contribution is 2.27. The second-order valence-corrected chi connectivity index (χ2v) is 11.1. The molecule has 0 aromatic heterocycles. The van der Waals surface area contributed by atoms with Crippen molar-refractivity contribution in [1.82, 2.24) is 9.62 Å². The van der Waals surface area contributed by atoms with Gasteiger partial charge in [-0.05, 0) is 61.1 Å². The molecule has 2 aromatic carbocycles. The number of rotatable bonds is 8. The summed E-state index contributed by atoms with van der Waals surface area (Å²) in [5.74, 6) is 0.621. The maximum Gasteiger partial charge on any atom is 0.223 e. The smallest absolute Gasteiger partial charge is 0.223 e. The molecule has 2 aromatic rings. The third-order valence-electron chi connectivity index (χ3n) is 6.03. The second-order valence-electron chi connectivity index (χ2n) is 8.25. The number of piperidine rings is 1. The molecule has 32 heavy (non-hydrogen) atoms. The van der Waals surface area contributed by atoms with Crippen LogP contribution in [0.2, 0.25) is 0 Å². The number of ether oxygens (including phenoxy) is 1. The predicted molar refractivity (Wildman–Crippen MR) is 130 cm³/mol. The Labute approximate surface area is 199 Å². The molecule has 1 aliphatic rings. The fraction of sp³-hybridized carbons (Fsp3) is 0.458. The zero-order valence-electron chi connectivity index (χ0n) is 18.8. The van der Waals surface area contributed by atoms with E-state index in [2.05, 4.69) is 21.2 Å². The van der Waals surface area contributed by atoms with Crippen LogP contribution in [-0.2, 0) is 20.6 Å². The van der Waals surface area contributed by atoms with Crippen molar-refractivity contribution in [1.29, 1.82) is 0 Å². The topological polar surface area (TPSA) is 75.7 Å². The molecule has 1 amide bonds. The highest BCUT2D eigenvalue weighted by atomic mass is 79.9. The number of methoxy groups -OCH3 is 1. The van der Waals surface area contributed by atoms with Gasteiger partial charge in [-0.2, -0.15) is 0 Å². The summed E-state index contributed by atoms with van der Waals surface area (Å²) in [4.78, 5) is 12.9. The van der Waals surface area contributed by atoms with Crippen LogP contribution in [0.15, 0.2) is 46.9 Å². The van der Waals surface area contributed by atoms with Gasteiger partial charge in [0, 0.05) is 23.5 Å². The van der Waals surface area contributed by atoms with Crippen LogP contribution >= 0.6 is 15.9 Å². The van der Waals surface area contributed by atoms with Crippen molar-refractivity contribution >= 4 is 31.9 Å². The van der Waals surface area contributed by atoms with Crippen molar-refractivity contribution in [2.45, 2.75) is 44.9 Å². The molecular formula is C24H31BrN2O4S. The summed E-state index contributed by atoms with van der Waals surface area (Å²) in [6.07, 6.45) is 1.84. The van der Waals surface area contributed by atoms with Gasteiger partial charge in [0.25, 0.3) is 0 Å². The minimum Gasteiger partial charge on any atom is -0.496 e. The maximum atomic E-state index is 12.9. The molecule has 1 heterocycles. The Morgan fingerprint density at radius 1 is 1.19 bits per heavy atom. The Kier molecular flexibility index (Phi) is 8.36. The molecule has 3 rings (SSSR count). The number of halogens is 1. The molecule has 0 spiro atoms. The van der Waals surface area contributed by atoms with Gasteiger partial charge in [-0.25, -0.2) is 12.7 Å². The molecule has 8 heteroatoms. The second kappa shape index (κ2) is 10.8. The van der Waals surface area contributed by atoms with E-state index in [-0.39, 0.29) is 23.6 Å². The van der Waals surface area contributed by atoms with Gasteiger partial charge >= 0.3 is 0 Å². The van der Waals surface area contributed by atoms with Crippen molar-refractivity contribution in [3.05, 3.63) is 63.6 Å². The molecular weight excluding hydrogens is 492 g/mol. The average Bonchev–Trinajstić information content (AvgIpc) is 2.78. The quantitative estimate of drug-likeness (QED) is 0.550. The monoisotopic (exact) mass is 522 g/mol. The van der Waals surface area contributed by atoms with E-state index in [1.54, 1.807) is 7.11 Å². The fourth-order valence-corrected chi connectivity index (χ4v) is 5.94. The summed E-state index contributed by atoms with van der Waals surface area (Å²) in [5.41, 5.74) is 2.84. The van der Waals surface area contributed by atoms with Crippen LogP contribution < -0.4 is 10.1 Å². The molecule has 1 aliphatic heterocycles. The van der Waals surface area contributed by atoms with Crippen LogP contribution in [0.5, 0.6) is 5.75 Å². The average molecular weight is 523 g/mol. The van der Waals surface area contributed by atoms with E-state index >= 15 is 0 Å². The standard InChI is InChI=1S/C24H31BrN2O4S/c1-4-22(20-7-10-23(31-3)17(2)15-20)26-24(28)19-11-13-27(14-12-19)32(29,30)16-18-5-8-21(25)9-6-18/h5-10,15,19,22H,4,11-14,16H2,1-3H3,(H,26,28)/t22-/m1/s1. The molecule has 0 aliphatic carbocycles. The van der Waals surface area contributed by atoms with Crippen LogP contribution in [0.1, 0.15) is 48.9 Å². The Morgan fingerprint density at radius 2 is 1.84 bits per heavy atom. The number of hydrogen-bond donors (Lipinski definition) is 1. The lowest BCUT2D eigenvalue weighted by Crippen LogP contribution is -2.44. The van der Waals surface area contributed by atoms with E-state index in [1.807, 2.05) is 56.3 Å². The van der Waals surface area contributed by atoms with Gasteiger partial charge in [0.05, 0.1) is 18.9 Å². The first-order valence-corrected chi connectivity index (χ1v) is 13.3. The van der Waals surface area contributed by atoms with E-state index in [0.717, 1.165) is 33.3 Å². The van der Waals surface area contributed by atoms with Crippen molar-refractivity contribution in [3.8, 4) is 5.75 Å². The normalized spacial score (nSPS) is 16.5. The molecule has 0 saturated carbocycles. The number of aryl methyl sites for hydroxylation is 1. The summed E-state index contributed by atoms with van der Waals surface area (Å²) < 4.78 is 33.4. The summed E-state index contributed by atoms with van der Waals surface area (Å²) in [6, 6.07) is 13.2. The number of benzene rings is 2. The SMILES string of the molecule is CC[C@@H](NC(=O)C1CCN(S(=O)(=O)Cc2ccc(Br)cc2)CC1)c1ccc(OC)c(C)c1. The van der Waals surface area contributed by atoms with Crippen molar-refractivity contribution in [3.63, 3.8) is 0 Å². The lowest BCUT2D eigenvalue weighted by Gasteiger charge is -2.31. The molecule has 0 bridgehead atoms. The number of carbonyl (C=O) groups is 1. The number of carbonyl (C=O) groups excluding carboxylic acids is 1. The van der Waals surface area contributed by atoms with Gasteiger partial charge in [0.1, 0.15) is 5.75 Å². The minimum atomic E-state index is -3.41. The lowest BCUT2D eigenvalue weighted by molar-refractivity contribution is -0.126. The largest absolute Gasteiger partial charge is 0.496 e. The molecule has 1 atom stereocenters. The van der Waals surface area contributed by atoms with Crippen LogP contribution in [0.25, 0.3) is 0 Å². The van der Waals surface area contributed by atoms with Gasteiger partial charge in [0.2, 0.25) is 15.9 Å². The van der Waals surface area contributed by atoms with E-state index in [1.165, 1.54) is 4.31 Å². The number of sulfonamides is 1. The van der Waals surface area contributed by atoms with Gasteiger partial charge in [-0.3, -0.25) is 4.79 Å². The van der Waals surface area contributed by atoms with Gasteiger partial charge < -0.3 is 10.1 Å². The molecule has 1 N–H and O–H groups in total. The lowest BCUT2D eigenvalue weighted by atomic mass is 9.95. The molecule has 1 fully saturated rings. The van der Waals surface area contributed by atoms with E-state index in [0.29, 0.717) is 25.9 Å². The predicted octanol–water partition coefficient (Wildman–Crippen LogP) is 4.58. The Bertz CT molecular complexity index is 1030. The molecule has 1 saturated heterocycles. The fourth-order valence-electron chi connectivity index (χ4n) is 4.11. The molecule has 6 nitrogen and oxygen atoms in total. The third-order valence-corrected chi connectivity index (χ3v) is 8.41. The van der Waals surface area contributed by atoms with Crippen LogP contribution in [0.4, 0.5) is 0 Å². The zero-order chi connectivity index (χ0) is 23.3. The highest BCUT2D eigenvalue weighted by Gasteiger charge is 2.32. The van der Waals surface area contributed by atoms with Gasteiger partial charge in [0.15, 0.2) is 0 Å². The van der Waals surface area contributed by atoms with Crippen molar-refractivity contribution in [2.24, 2.45) is 5.92 Å². The summed E-state index contributed by atoms with van der Waals surface area (Å²) >= 11 is 3.37. The first-order valence-electron chi connectivity index (χ1n) is 10.9. The molecule has 174 valence electrons. The maximum absolute atomic E-state index is 12.9. The zero-order valence-corrected chi connectivity index (χ0v) is 21.2. The van der Waals surface area contributed by atoms with Gasteiger partial charge in [-0.15, -0.1) is 0 Å². The van der Waals surface area contributed by atoms with Crippen molar-refractivity contribution < 1.29 is 17.9 Å². The Hall–Kier alpha value is -1.90. The van der Waals surface area contributed by atoms with Crippen LogP contribution in [-0.4, -0.2) is 38.8 Å². The number of nitrogens with one attached hydrogen (secondary N) is 1. The number of amides is 1. The van der Waals surface area contributed by atoms with Crippen molar-refractivity contribution in [2.75, 3.05) is 20.2 Å². The first kappa shape index (κ1) is 24.7. The number of nitrogens with zero attached hydrogens (tertiary/aromatic N) is 1. The Morgan fingerprint density at radius 3 is 2.41 bits per heavy atom. The van der Waals surface area contributed by atoms with E-state index < -0.39 is 10.0 Å². The summed E-state index contributed by atoms with van der Waals surface area (Å²) in [7, 11) is -1.76. The number of hydrogen-bond acceptors (Lipinski definition) is 4. The summed E-state index contributed by atoms with van der Waals surface area (Å²) in [6.45, 7) is 4.77. The Balaban J connectivity index is 1.57. The minimum absolute atomic E-state index is 0.00437. The van der Waals surface area contributed by atoms with E-state index in [9.17, 15) is 13.2 Å². The molecule has 0 unspecified atom stereocenters. The van der Waals surface area contributed by atoms with Gasteiger partial charge in [-0.1, -0.05) is 47.1 Å².